The van der Waals surface area contributed by atoms with Crippen molar-refractivity contribution < 1.29 is 4.48 Å². The van der Waals surface area contributed by atoms with Crippen molar-refractivity contribution in [3.63, 3.8) is 0 Å². The minimum atomic E-state index is 0.903. The predicted octanol–water partition coefficient (Wildman–Crippen LogP) is 0.609. The molecule has 1 aliphatic carbocycles. The Morgan fingerprint density at radius 2 is 2.12 bits per heavy atom. The van der Waals surface area contributed by atoms with Crippen molar-refractivity contribution in [2.24, 2.45) is 5.92 Å². The second kappa shape index (κ2) is 0.688. The summed E-state index contributed by atoms with van der Waals surface area (Å²) in [5, 5.41) is 0. The molecule has 0 bridgehead atoms. The van der Waals surface area contributed by atoms with Crippen molar-refractivity contribution in [2.75, 3.05) is 19.6 Å². The Bertz CT molecular complexity index is 160. The molecule has 0 amide bonds. The topological polar surface area (TPSA) is 0 Å². The van der Waals surface area contributed by atoms with E-state index in [1.54, 1.807) is 17.4 Å². The molecule has 0 aromatic heterocycles. The SMILES string of the molecule is CC1CC12C[N+]21CC1. The van der Waals surface area contributed by atoms with Gasteiger partial charge < -0.3 is 0 Å². The Balaban J connectivity index is 1.97. The van der Waals surface area contributed by atoms with Crippen molar-refractivity contribution in [3.05, 3.63) is 0 Å². The van der Waals surface area contributed by atoms with Crippen LogP contribution in [0, 0.1) is 5.92 Å². The first-order valence-electron chi connectivity index (χ1n) is 3.65. The lowest BCUT2D eigenvalue weighted by atomic mass is 10.4. The Morgan fingerprint density at radius 3 is 2.25 bits per heavy atom. The van der Waals surface area contributed by atoms with Gasteiger partial charge in [-0.3, -0.25) is 4.48 Å². The highest BCUT2D eigenvalue weighted by molar-refractivity contribution is 5.15. The van der Waals surface area contributed by atoms with Gasteiger partial charge in [0.05, 0.1) is 0 Å². The first-order chi connectivity index (χ1) is 3.79. The molecule has 1 heteroatoms. The van der Waals surface area contributed by atoms with Gasteiger partial charge in [0.15, 0.2) is 5.54 Å². The summed E-state index contributed by atoms with van der Waals surface area (Å²) in [6.45, 7) is 6.99. The van der Waals surface area contributed by atoms with E-state index in [0.29, 0.717) is 0 Å². The van der Waals surface area contributed by atoms with E-state index < -0.39 is 0 Å². The van der Waals surface area contributed by atoms with Crippen molar-refractivity contribution in [2.45, 2.75) is 18.9 Å². The van der Waals surface area contributed by atoms with E-state index >= 15 is 0 Å². The highest BCUT2D eigenvalue weighted by Crippen LogP contribution is 2.69. The van der Waals surface area contributed by atoms with Crippen LogP contribution in [-0.2, 0) is 0 Å². The van der Waals surface area contributed by atoms with Crippen molar-refractivity contribution >= 4 is 0 Å². The fraction of sp³-hybridized carbons (Fsp3) is 1.00. The van der Waals surface area contributed by atoms with Gasteiger partial charge in [-0.15, -0.1) is 0 Å². The normalized spacial score (nSPS) is 61.9. The second-order valence-electron chi connectivity index (χ2n) is 3.96. The Kier molecular flexibility index (Phi) is 0.334. The van der Waals surface area contributed by atoms with Crippen LogP contribution in [0.1, 0.15) is 13.3 Å². The van der Waals surface area contributed by atoms with E-state index in [-0.39, 0.29) is 0 Å². The Hall–Kier alpha value is -0.0400. The van der Waals surface area contributed by atoms with Crippen molar-refractivity contribution in [1.82, 2.24) is 0 Å². The van der Waals surface area contributed by atoms with Gasteiger partial charge in [-0.25, -0.2) is 0 Å². The number of rotatable bonds is 0. The highest BCUT2D eigenvalue weighted by Gasteiger charge is 2.86. The summed E-state index contributed by atoms with van der Waals surface area (Å²) in [5.74, 6) is 1.09. The smallest absolute Gasteiger partial charge is 0.152 e. The summed E-state index contributed by atoms with van der Waals surface area (Å²) >= 11 is 0. The average Bonchev–Trinajstić information content (AvgIpc) is 2.53. The maximum absolute atomic E-state index is 2.41. The van der Waals surface area contributed by atoms with Gasteiger partial charge in [0, 0.05) is 12.3 Å². The summed E-state index contributed by atoms with van der Waals surface area (Å²) in [4.78, 5) is 0. The van der Waals surface area contributed by atoms with Crippen LogP contribution in [0.4, 0.5) is 0 Å². The largest absolute Gasteiger partial charge is 0.299 e. The van der Waals surface area contributed by atoms with Gasteiger partial charge in [0.25, 0.3) is 0 Å². The van der Waals surface area contributed by atoms with Gasteiger partial charge in [0.1, 0.15) is 19.6 Å². The van der Waals surface area contributed by atoms with E-state index in [1.165, 1.54) is 13.1 Å². The third-order valence-electron chi connectivity index (χ3n) is 3.60. The van der Waals surface area contributed by atoms with Crippen molar-refractivity contribution in [1.29, 1.82) is 0 Å². The summed E-state index contributed by atoms with van der Waals surface area (Å²) in [7, 11) is 0. The Labute approximate surface area is 49.9 Å². The molecule has 1 saturated carbocycles. The molecule has 3 aliphatic rings. The van der Waals surface area contributed by atoms with Gasteiger partial charge >= 0.3 is 0 Å². The molecule has 2 heterocycles. The molecule has 3 rings (SSSR count). The molecule has 2 atom stereocenters. The number of quaternary nitrogens is 1. The van der Waals surface area contributed by atoms with E-state index in [9.17, 15) is 0 Å². The molecule has 0 radical (unpaired) electrons. The quantitative estimate of drug-likeness (QED) is 0.316. The van der Waals surface area contributed by atoms with Crippen molar-refractivity contribution in [3.8, 4) is 0 Å². The number of fused-ring (bicyclic) bond motifs is 1. The van der Waals surface area contributed by atoms with Crippen LogP contribution >= 0.6 is 0 Å². The van der Waals surface area contributed by atoms with Crippen LogP contribution in [0.5, 0.6) is 0 Å². The molecule has 2 spiro atoms. The second-order valence-corrected chi connectivity index (χ2v) is 3.96. The molecule has 3 fully saturated rings. The first-order valence-corrected chi connectivity index (χ1v) is 3.65. The highest BCUT2D eigenvalue weighted by atomic mass is 15.7. The first kappa shape index (κ1) is 3.89. The molecule has 8 heavy (non-hydrogen) atoms. The van der Waals surface area contributed by atoms with Crippen LogP contribution in [0.25, 0.3) is 0 Å². The van der Waals surface area contributed by atoms with Crippen LogP contribution < -0.4 is 0 Å². The molecular weight excluding hydrogens is 98.1 g/mol. The zero-order valence-corrected chi connectivity index (χ0v) is 5.35. The van der Waals surface area contributed by atoms with E-state index in [0.717, 1.165) is 11.5 Å². The molecule has 0 aromatic carbocycles. The third kappa shape index (κ3) is 0.202. The standard InChI is InChI=1S/C7H12N/c1-6-4-7(6)5-8(7)2-3-8/h6H,2-5H2,1H3/q+1. The lowest BCUT2D eigenvalue weighted by Gasteiger charge is -1.84. The van der Waals surface area contributed by atoms with Gasteiger partial charge in [-0.05, 0) is 0 Å². The molecule has 44 valence electrons. The molecule has 1 nitrogen and oxygen atoms in total. The summed E-state index contributed by atoms with van der Waals surface area (Å²) < 4.78 is 1.55. The van der Waals surface area contributed by atoms with Gasteiger partial charge in [-0.1, -0.05) is 6.92 Å². The molecule has 2 saturated heterocycles. The van der Waals surface area contributed by atoms with Crippen LogP contribution in [0.2, 0.25) is 0 Å². The van der Waals surface area contributed by atoms with Gasteiger partial charge in [0.2, 0.25) is 0 Å². The lowest BCUT2D eigenvalue weighted by Crippen LogP contribution is -2.00. The summed E-state index contributed by atoms with van der Waals surface area (Å²) in [5.41, 5.74) is 0.903. The molecule has 0 aromatic rings. The molecule has 2 aliphatic heterocycles. The Morgan fingerprint density at radius 1 is 1.50 bits per heavy atom. The maximum Gasteiger partial charge on any atom is 0.152 e. The molecule has 0 N–H and O–H groups in total. The minimum absolute atomic E-state index is 0.903. The van der Waals surface area contributed by atoms with E-state index in [2.05, 4.69) is 6.92 Å². The number of hydrogen-bond donors (Lipinski definition) is 0. The number of nitrogens with zero attached hydrogens (tertiary/aromatic N) is 1. The fourth-order valence-corrected chi connectivity index (χ4v) is 2.57. The maximum atomic E-state index is 2.41. The van der Waals surface area contributed by atoms with Crippen LogP contribution in [0.3, 0.4) is 0 Å². The van der Waals surface area contributed by atoms with Crippen LogP contribution in [-0.4, -0.2) is 29.7 Å². The lowest BCUT2D eigenvalue weighted by molar-refractivity contribution is -0.675. The van der Waals surface area contributed by atoms with E-state index in [1.807, 2.05) is 0 Å². The summed E-state index contributed by atoms with van der Waals surface area (Å²) in [6.07, 6.45) is 1.55. The third-order valence-corrected chi connectivity index (χ3v) is 3.60. The number of hydrogen-bond acceptors (Lipinski definition) is 0. The molecular formula is C7H12N+. The van der Waals surface area contributed by atoms with Crippen LogP contribution in [0.15, 0.2) is 0 Å². The summed E-state index contributed by atoms with van der Waals surface area (Å²) in [6, 6.07) is 0. The van der Waals surface area contributed by atoms with E-state index in [4.69, 9.17) is 0 Å². The molecule has 2 unspecified atom stereocenters. The van der Waals surface area contributed by atoms with Gasteiger partial charge in [-0.2, -0.15) is 0 Å². The monoisotopic (exact) mass is 110 g/mol. The zero-order chi connectivity index (χ0) is 5.41. The fourth-order valence-electron chi connectivity index (χ4n) is 2.57. The zero-order valence-electron chi connectivity index (χ0n) is 5.35. The minimum Gasteiger partial charge on any atom is -0.299 e. The average molecular weight is 110 g/mol. The predicted molar refractivity (Wildman–Crippen MR) is 31.4 cm³/mol.